The molecule has 1 aromatic carbocycles. The third kappa shape index (κ3) is 3.76. The zero-order valence-corrected chi connectivity index (χ0v) is 12.8. The predicted molar refractivity (Wildman–Crippen MR) is 85.7 cm³/mol. The Balaban J connectivity index is 1.56. The number of nitrogens with zero attached hydrogens (tertiary/aromatic N) is 1. The van der Waals surface area contributed by atoms with Crippen molar-refractivity contribution >= 4 is 10.9 Å². The van der Waals surface area contributed by atoms with Crippen molar-refractivity contribution in [3.63, 3.8) is 0 Å². The number of rotatable bonds is 6. The van der Waals surface area contributed by atoms with E-state index in [1.54, 1.807) is 0 Å². The van der Waals surface area contributed by atoms with E-state index in [2.05, 4.69) is 28.5 Å². The van der Waals surface area contributed by atoms with E-state index in [1.165, 1.54) is 25.7 Å². The molecule has 3 rings (SSSR count). The van der Waals surface area contributed by atoms with Gasteiger partial charge in [-0.25, -0.2) is 0 Å². The van der Waals surface area contributed by atoms with Crippen molar-refractivity contribution in [3.05, 3.63) is 24.4 Å². The van der Waals surface area contributed by atoms with Crippen molar-refractivity contribution in [2.45, 2.75) is 57.6 Å². The number of benzene rings is 1. The summed E-state index contributed by atoms with van der Waals surface area (Å²) >= 11 is 0. The van der Waals surface area contributed by atoms with Gasteiger partial charge in [0.1, 0.15) is 11.9 Å². The quantitative estimate of drug-likeness (QED) is 0.797. The number of hydrogen-bond donors (Lipinski definition) is 2. The van der Waals surface area contributed by atoms with Crippen molar-refractivity contribution < 1.29 is 4.74 Å². The summed E-state index contributed by atoms with van der Waals surface area (Å²) < 4.78 is 6.19. The Morgan fingerprint density at radius 2 is 2.33 bits per heavy atom. The highest BCUT2D eigenvalue weighted by Gasteiger charge is 2.22. The normalized spacial score (nSPS) is 22.5. The van der Waals surface area contributed by atoms with Crippen LogP contribution in [0.2, 0.25) is 0 Å². The van der Waals surface area contributed by atoms with Crippen molar-refractivity contribution in [1.82, 2.24) is 15.5 Å². The van der Waals surface area contributed by atoms with Gasteiger partial charge < -0.3 is 10.1 Å². The first-order chi connectivity index (χ1) is 10.3. The van der Waals surface area contributed by atoms with Gasteiger partial charge in [0.15, 0.2) is 0 Å². The molecule has 1 aromatic heterocycles. The molecule has 1 fully saturated rings. The van der Waals surface area contributed by atoms with Crippen molar-refractivity contribution in [1.29, 1.82) is 0 Å². The van der Waals surface area contributed by atoms with E-state index in [-0.39, 0.29) is 0 Å². The maximum absolute atomic E-state index is 6.19. The van der Waals surface area contributed by atoms with Crippen LogP contribution in [-0.2, 0) is 0 Å². The van der Waals surface area contributed by atoms with E-state index < -0.39 is 0 Å². The van der Waals surface area contributed by atoms with Crippen LogP contribution in [0.4, 0.5) is 0 Å². The summed E-state index contributed by atoms with van der Waals surface area (Å²) in [5.41, 5.74) is 1.06. The van der Waals surface area contributed by atoms with Gasteiger partial charge in [0.05, 0.1) is 11.7 Å². The van der Waals surface area contributed by atoms with Gasteiger partial charge >= 0.3 is 0 Å². The minimum Gasteiger partial charge on any atom is -0.490 e. The lowest BCUT2D eigenvalue weighted by Crippen LogP contribution is -2.38. The number of aromatic nitrogens is 2. The van der Waals surface area contributed by atoms with Crippen LogP contribution in [-0.4, -0.2) is 28.9 Å². The summed E-state index contributed by atoms with van der Waals surface area (Å²) in [6, 6.07) is 6.77. The highest BCUT2D eigenvalue weighted by molar-refractivity contribution is 5.79. The molecule has 0 amide bonds. The molecule has 1 saturated carbocycles. The highest BCUT2D eigenvalue weighted by atomic mass is 16.5. The number of hydrogen-bond acceptors (Lipinski definition) is 3. The average Bonchev–Trinajstić information content (AvgIpc) is 2.95. The average molecular weight is 287 g/mol. The van der Waals surface area contributed by atoms with Crippen LogP contribution in [0, 0.1) is 0 Å². The molecule has 4 nitrogen and oxygen atoms in total. The maximum atomic E-state index is 6.19. The Hall–Kier alpha value is -1.55. The lowest BCUT2D eigenvalue weighted by atomic mass is 9.92. The Labute approximate surface area is 126 Å². The van der Waals surface area contributed by atoms with Gasteiger partial charge in [0.25, 0.3) is 0 Å². The molecule has 0 saturated heterocycles. The number of ether oxygens (including phenoxy) is 1. The molecule has 0 spiro atoms. The Bertz CT molecular complexity index is 566. The molecule has 1 heterocycles. The minimum atomic E-state index is 0.335. The number of nitrogens with one attached hydrogen (secondary N) is 2. The Morgan fingerprint density at radius 1 is 1.38 bits per heavy atom. The highest BCUT2D eigenvalue weighted by Crippen LogP contribution is 2.26. The topological polar surface area (TPSA) is 49.9 Å². The molecule has 21 heavy (non-hydrogen) atoms. The van der Waals surface area contributed by atoms with Gasteiger partial charge in [-0.1, -0.05) is 13.3 Å². The van der Waals surface area contributed by atoms with Gasteiger partial charge in [-0.15, -0.1) is 0 Å². The molecule has 2 unspecified atom stereocenters. The van der Waals surface area contributed by atoms with Gasteiger partial charge in [-0.05, 0) is 56.8 Å². The maximum Gasteiger partial charge on any atom is 0.120 e. The number of fused-ring (bicyclic) bond motifs is 1. The molecule has 0 aliphatic heterocycles. The Morgan fingerprint density at radius 3 is 3.24 bits per heavy atom. The van der Waals surface area contributed by atoms with Crippen molar-refractivity contribution in [2.75, 3.05) is 6.54 Å². The Kier molecular flexibility index (Phi) is 4.76. The largest absolute Gasteiger partial charge is 0.490 e. The van der Waals surface area contributed by atoms with Crippen LogP contribution in [0.1, 0.15) is 45.4 Å². The lowest BCUT2D eigenvalue weighted by molar-refractivity contribution is 0.135. The van der Waals surface area contributed by atoms with Crippen LogP contribution >= 0.6 is 0 Å². The lowest BCUT2D eigenvalue weighted by Gasteiger charge is -2.30. The van der Waals surface area contributed by atoms with Gasteiger partial charge in [-0.2, -0.15) is 5.10 Å². The zero-order chi connectivity index (χ0) is 14.5. The van der Waals surface area contributed by atoms with E-state index in [0.717, 1.165) is 36.0 Å². The summed E-state index contributed by atoms with van der Waals surface area (Å²) in [6.07, 6.45) is 9.51. The van der Waals surface area contributed by atoms with Gasteiger partial charge in [0.2, 0.25) is 0 Å². The molecule has 2 N–H and O–H groups in total. The SMILES string of the molecule is CCCCNC1CCCC(Oc2ccc3[nH]ncc3c2)C1. The smallest absolute Gasteiger partial charge is 0.120 e. The van der Waals surface area contributed by atoms with Crippen molar-refractivity contribution in [3.8, 4) is 5.75 Å². The fourth-order valence-corrected chi connectivity index (χ4v) is 3.11. The van der Waals surface area contributed by atoms with Crippen LogP contribution in [0.3, 0.4) is 0 Å². The minimum absolute atomic E-state index is 0.335. The monoisotopic (exact) mass is 287 g/mol. The van der Waals surface area contributed by atoms with E-state index in [0.29, 0.717) is 12.1 Å². The third-order valence-corrected chi connectivity index (χ3v) is 4.30. The molecule has 1 aliphatic carbocycles. The van der Waals surface area contributed by atoms with Gasteiger partial charge in [-0.3, -0.25) is 5.10 Å². The zero-order valence-electron chi connectivity index (χ0n) is 12.8. The second-order valence-electron chi connectivity index (χ2n) is 6.03. The van der Waals surface area contributed by atoms with Crippen LogP contribution in [0.5, 0.6) is 5.75 Å². The van der Waals surface area contributed by atoms with Gasteiger partial charge in [0, 0.05) is 11.4 Å². The standard InChI is InChI=1S/C17H25N3O/c1-2-3-9-18-14-5-4-6-15(11-14)21-16-7-8-17-13(10-16)12-19-20-17/h7-8,10,12,14-15,18H,2-6,9,11H2,1H3,(H,19,20). The first kappa shape index (κ1) is 14.4. The summed E-state index contributed by atoms with van der Waals surface area (Å²) in [4.78, 5) is 0. The van der Waals surface area contributed by atoms with Crippen LogP contribution in [0.15, 0.2) is 24.4 Å². The molecular formula is C17H25N3O. The third-order valence-electron chi connectivity index (χ3n) is 4.30. The summed E-state index contributed by atoms with van der Waals surface area (Å²) in [7, 11) is 0. The fourth-order valence-electron chi connectivity index (χ4n) is 3.11. The first-order valence-electron chi connectivity index (χ1n) is 8.18. The first-order valence-corrected chi connectivity index (χ1v) is 8.18. The van der Waals surface area contributed by atoms with E-state index in [1.807, 2.05) is 18.3 Å². The molecule has 114 valence electrons. The fraction of sp³-hybridized carbons (Fsp3) is 0.588. The van der Waals surface area contributed by atoms with E-state index >= 15 is 0 Å². The second-order valence-corrected chi connectivity index (χ2v) is 6.03. The van der Waals surface area contributed by atoms with E-state index in [4.69, 9.17) is 4.74 Å². The molecule has 4 heteroatoms. The predicted octanol–water partition coefficient (Wildman–Crippen LogP) is 3.64. The summed E-state index contributed by atoms with van der Waals surface area (Å²) in [5.74, 6) is 0.961. The summed E-state index contributed by atoms with van der Waals surface area (Å²) in [6.45, 7) is 3.37. The van der Waals surface area contributed by atoms with Crippen LogP contribution in [0.25, 0.3) is 10.9 Å². The molecule has 2 aromatic rings. The molecule has 0 bridgehead atoms. The van der Waals surface area contributed by atoms with E-state index in [9.17, 15) is 0 Å². The number of unbranched alkanes of at least 4 members (excludes halogenated alkanes) is 1. The molecule has 1 aliphatic rings. The molecule has 0 radical (unpaired) electrons. The van der Waals surface area contributed by atoms with Crippen molar-refractivity contribution in [2.24, 2.45) is 0 Å². The number of H-pyrrole nitrogens is 1. The number of aromatic amines is 1. The second kappa shape index (κ2) is 6.94. The molecular weight excluding hydrogens is 262 g/mol. The van der Waals surface area contributed by atoms with Crippen LogP contribution < -0.4 is 10.1 Å². The summed E-state index contributed by atoms with van der Waals surface area (Å²) in [5, 5.41) is 11.8. The molecule has 2 atom stereocenters.